The average Bonchev–Trinajstić information content (AvgIpc) is 3.48. The zero-order chi connectivity index (χ0) is 21.6. The molecule has 31 heavy (non-hydrogen) atoms. The Labute approximate surface area is 184 Å². The van der Waals surface area contributed by atoms with Gasteiger partial charge in [0.1, 0.15) is 6.04 Å². The normalized spacial score (nSPS) is 16.9. The topological polar surface area (TPSA) is 84.3 Å². The largest absolute Gasteiger partial charge is 0.335 e. The number of nitrogens with one attached hydrogen (secondary N) is 1. The molecule has 2 aromatic heterocycles. The van der Waals surface area contributed by atoms with Crippen molar-refractivity contribution in [2.75, 3.05) is 16.2 Å². The molecule has 0 unspecified atom stereocenters. The van der Waals surface area contributed by atoms with Crippen LogP contribution < -0.4 is 9.62 Å². The summed E-state index contributed by atoms with van der Waals surface area (Å²) in [5, 5.41) is 3.13. The number of nitrogens with zero attached hydrogens (tertiary/aromatic N) is 3. The van der Waals surface area contributed by atoms with Crippen LogP contribution in [-0.4, -0.2) is 30.4 Å². The number of amides is 1. The van der Waals surface area contributed by atoms with Crippen LogP contribution in [0.5, 0.6) is 0 Å². The third kappa shape index (κ3) is 3.60. The van der Waals surface area contributed by atoms with Crippen molar-refractivity contribution in [3.05, 3.63) is 71.9 Å². The van der Waals surface area contributed by atoms with Crippen LogP contribution in [0.1, 0.15) is 18.0 Å². The van der Waals surface area contributed by atoms with Gasteiger partial charge in [-0.3, -0.25) is 9.52 Å². The number of benzene rings is 2. The van der Waals surface area contributed by atoms with Gasteiger partial charge in [0.2, 0.25) is 5.91 Å². The monoisotopic (exact) mass is 452 g/mol. The van der Waals surface area contributed by atoms with Crippen LogP contribution in [0.4, 0.5) is 10.8 Å². The lowest BCUT2D eigenvalue weighted by molar-refractivity contribution is -0.119. The summed E-state index contributed by atoms with van der Waals surface area (Å²) in [5.41, 5.74) is 2.91. The Morgan fingerprint density at radius 3 is 2.68 bits per heavy atom. The van der Waals surface area contributed by atoms with Crippen molar-refractivity contribution in [1.82, 2.24) is 9.55 Å². The highest BCUT2D eigenvalue weighted by Gasteiger charge is 2.34. The van der Waals surface area contributed by atoms with E-state index in [0.29, 0.717) is 23.8 Å². The maximum Gasteiger partial charge on any atom is 0.263 e. The van der Waals surface area contributed by atoms with Gasteiger partial charge in [-0.05, 0) is 61.2 Å². The summed E-state index contributed by atoms with van der Waals surface area (Å²) in [4.78, 5) is 19.0. The third-order valence-electron chi connectivity index (χ3n) is 5.50. The summed E-state index contributed by atoms with van der Waals surface area (Å²) in [7, 11) is -3.72. The second-order valence-electron chi connectivity index (χ2n) is 7.52. The Morgan fingerprint density at radius 2 is 1.94 bits per heavy atom. The van der Waals surface area contributed by atoms with E-state index in [4.69, 9.17) is 0 Å². The molecule has 4 aromatic rings. The van der Waals surface area contributed by atoms with Gasteiger partial charge in [-0.2, -0.15) is 0 Å². The summed E-state index contributed by atoms with van der Waals surface area (Å²) in [5.74, 6) is 0.00888. The van der Waals surface area contributed by atoms with E-state index in [9.17, 15) is 13.2 Å². The number of thiazole rings is 1. The Morgan fingerprint density at radius 1 is 1.13 bits per heavy atom. The summed E-state index contributed by atoms with van der Waals surface area (Å²) >= 11 is 1.21. The molecule has 2 aromatic carbocycles. The highest BCUT2D eigenvalue weighted by Crippen LogP contribution is 2.32. The molecule has 9 heteroatoms. The molecule has 1 amide bonds. The lowest BCUT2D eigenvalue weighted by atomic mass is 10.2. The molecule has 5 rings (SSSR count). The minimum Gasteiger partial charge on any atom is -0.335 e. The van der Waals surface area contributed by atoms with Gasteiger partial charge in [0.05, 0.1) is 4.90 Å². The van der Waals surface area contributed by atoms with Crippen LogP contribution in [0.25, 0.3) is 10.9 Å². The van der Waals surface area contributed by atoms with E-state index >= 15 is 0 Å². The highest BCUT2D eigenvalue weighted by atomic mass is 32.2. The lowest BCUT2D eigenvalue weighted by Crippen LogP contribution is -2.28. The van der Waals surface area contributed by atoms with Crippen LogP contribution in [-0.2, 0) is 14.8 Å². The number of carbonyl (C=O) groups is 1. The van der Waals surface area contributed by atoms with Gasteiger partial charge >= 0.3 is 0 Å². The second-order valence-corrected chi connectivity index (χ2v) is 10.1. The number of aromatic nitrogens is 2. The molecule has 1 aliphatic heterocycles. The molecular formula is C22H20N4O3S2. The van der Waals surface area contributed by atoms with Crippen LogP contribution >= 0.6 is 11.3 Å². The molecule has 158 valence electrons. The fourth-order valence-corrected chi connectivity index (χ4v) is 5.78. The van der Waals surface area contributed by atoms with Gasteiger partial charge in [0.25, 0.3) is 10.0 Å². The molecule has 0 saturated carbocycles. The molecule has 0 spiro atoms. The summed E-state index contributed by atoms with van der Waals surface area (Å²) in [6, 6.07) is 14.4. The molecule has 7 nitrogen and oxygen atoms in total. The first-order valence-electron chi connectivity index (χ1n) is 9.83. The third-order valence-corrected chi connectivity index (χ3v) is 7.67. The van der Waals surface area contributed by atoms with Crippen molar-refractivity contribution < 1.29 is 13.2 Å². The zero-order valence-corrected chi connectivity index (χ0v) is 18.4. The molecule has 1 fully saturated rings. The minimum absolute atomic E-state index is 0.00888. The van der Waals surface area contributed by atoms with Gasteiger partial charge in [-0.25, -0.2) is 13.4 Å². The maximum absolute atomic E-state index is 13.2. The number of hydrogen-bond acceptors (Lipinski definition) is 5. The van der Waals surface area contributed by atoms with Crippen molar-refractivity contribution in [3.63, 3.8) is 0 Å². The van der Waals surface area contributed by atoms with Gasteiger partial charge in [0.15, 0.2) is 5.13 Å². The van der Waals surface area contributed by atoms with Crippen molar-refractivity contribution in [3.8, 4) is 0 Å². The first kappa shape index (κ1) is 19.8. The Hall–Kier alpha value is -3.17. The quantitative estimate of drug-likeness (QED) is 0.492. The van der Waals surface area contributed by atoms with E-state index in [1.807, 2.05) is 16.8 Å². The smallest absolute Gasteiger partial charge is 0.263 e. The van der Waals surface area contributed by atoms with Gasteiger partial charge < -0.3 is 9.47 Å². The van der Waals surface area contributed by atoms with E-state index in [1.165, 1.54) is 35.2 Å². The fraction of sp³-hybridized carbons (Fsp3) is 0.182. The van der Waals surface area contributed by atoms with E-state index in [-0.39, 0.29) is 16.8 Å². The predicted molar refractivity (Wildman–Crippen MR) is 122 cm³/mol. The molecule has 1 atom stereocenters. The maximum atomic E-state index is 13.2. The molecule has 3 heterocycles. The minimum atomic E-state index is -3.72. The standard InChI is InChI=1S/C22H20N4O3S2/c1-15-2-7-19-16(14-15)8-11-26(19)20-9-12-25(21(20)27)17-3-5-18(6-4-17)31(28,29)24-22-23-10-13-30-22/h2-8,10-11,13-14,20H,9,12H2,1H3,(H,23,24)/t20-/m0/s1. The molecular weight excluding hydrogens is 432 g/mol. The molecule has 0 aliphatic carbocycles. The average molecular weight is 453 g/mol. The Bertz CT molecular complexity index is 1360. The fourth-order valence-electron chi connectivity index (χ4n) is 3.99. The van der Waals surface area contributed by atoms with E-state index in [2.05, 4.69) is 34.8 Å². The zero-order valence-electron chi connectivity index (χ0n) is 16.7. The predicted octanol–water partition coefficient (Wildman–Crippen LogP) is 4.19. The van der Waals surface area contributed by atoms with Crippen molar-refractivity contribution in [2.45, 2.75) is 24.3 Å². The molecule has 1 aliphatic rings. The van der Waals surface area contributed by atoms with Crippen molar-refractivity contribution in [1.29, 1.82) is 0 Å². The summed E-state index contributed by atoms with van der Waals surface area (Å²) in [6.07, 6.45) is 4.20. The van der Waals surface area contributed by atoms with E-state index in [0.717, 1.165) is 10.9 Å². The van der Waals surface area contributed by atoms with Crippen LogP contribution in [0, 0.1) is 6.92 Å². The van der Waals surface area contributed by atoms with Crippen molar-refractivity contribution >= 4 is 49.0 Å². The molecule has 1 saturated heterocycles. The Balaban J connectivity index is 1.37. The van der Waals surface area contributed by atoms with Gasteiger partial charge in [0, 0.05) is 35.5 Å². The first-order chi connectivity index (χ1) is 14.9. The van der Waals surface area contributed by atoms with Crippen LogP contribution in [0.2, 0.25) is 0 Å². The van der Waals surface area contributed by atoms with Gasteiger partial charge in [-0.15, -0.1) is 11.3 Å². The lowest BCUT2D eigenvalue weighted by Gasteiger charge is -2.18. The van der Waals surface area contributed by atoms with Gasteiger partial charge in [-0.1, -0.05) is 11.6 Å². The van der Waals surface area contributed by atoms with Crippen molar-refractivity contribution in [2.24, 2.45) is 0 Å². The first-order valence-corrected chi connectivity index (χ1v) is 12.2. The number of aryl methyl sites for hydroxylation is 1. The summed E-state index contributed by atoms with van der Waals surface area (Å²) in [6.45, 7) is 2.63. The highest BCUT2D eigenvalue weighted by molar-refractivity contribution is 7.93. The SMILES string of the molecule is Cc1ccc2c(ccn2[C@H]2CCN(c3ccc(S(=O)(=O)Nc4nccs4)cc3)C2=O)c1. The number of carbonyl (C=O) groups excluding carboxylic acids is 1. The molecule has 0 bridgehead atoms. The summed E-state index contributed by atoms with van der Waals surface area (Å²) < 4.78 is 29.5. The van der Waals surface area contributed by atoms with Crippen LogP contribution in [0.15, 0.2) is 71.2 Å². The number of sulfonamides is 1. The Kier molecular flexibility index (Phi) is 4.79. The second kappa shape index (κ2) is 7.51. The number of rotatable bonds is 5. The number of fused-ring (bicyclic) bond motifs is 1. The number of anilines is 2. The van der Waals surface area contributed by atoms with Crippen LogP contribution in [0.3, 0.4) is 0 Å². The molecule has 0 radical (unpaired) electrons. The molecule has 1 N–H and O–H groups in total. The van der Waals surface area contributed by atoms with E-state index in [1.54, 1.807) is 22.4 Å². The number of hydrogen-bond donors (Lipinski definition) is 1. The van der Waals surface area contributed by atoms with E-state index < -0.39 is 10.0 Å².